The number of aliphatic imine (C=N–C) groups is 1. The summed E-state index contributed by atoms with van der Waals surface area (Å²) in [6, 6.07) is 11.3. The minimum atomic E-state index is 0.326. The minimum absolute atomic E-state index is 0.326. The van der Waals surface area contributed by atoms with E-state index in [1.165, 1.54) is 4.88 Å². The average molecular weight is 475 g/mol. The van der Waals surface area contributed by atoms with Gasteiger partial charge in [0.15, 0.2) is 5.11 Å². The quantitative estimate of drug-likeness (QED) is 0.268. The number of anilines is 2. The number of hydrogen-bond acceptors (Lipinski definition) is 6. The lowest BCUT2D eigenvalue weighted by atomic mass is 10.3. The second kappa shape index (κ2) is 11.0. The van der Waals surface area contributed by atoms with Gasteiger partial charge in [-0.05, 0) is 61.8 Å². The van der Waals surface area contributed by atoms with E-state index >= 15 is 0 Å². The van der Waals surface area contributed by atoms with Crippen molar-refractivity contribution in [1.29, 1.82) is 0 Å². The minimum Gasteiger partial charge on any atom is -0.495 e. The predicted octanol–water partition coefficient (Wildman–Crippen LogP) is 4.81. The highest BCUT2D eigenvalue weighted by Gasteiger charge is 2.10. The SMILES string of the molecule is COc1ccc(Cl)cc1NC(=S)NC(=NCCc1cccs1)Nc1nc(C)cc(C)n1. The molecule has 7 nitrogen and oxygen atoms in total. The Bertz CT molecular complexity index is 1050. The van der Waals surface area contributed by atoms with Gasteiger partial charge in [-0.25, -0.2) is 9.97 Å². The molecule has 0 spiro atoms. The Hall–Kier alpha value is -2.75. The van der Waals surface area contributed by atoms with Crippen LogP contribution in [0.5, 0.6) is 5.75 Å². The fourth-order valence-electron chi connectivity index (χ4n) is 2.77. The molecule has 0 amide bonds. The van der Waals surface area contributed by atoms with Crippen LogP contribution in [0, 0.1) is 13.8 Å². The van der Waals surface area contributed by atoms with Crippen molar-refractivity contribution in [2.45, 2.75) is 20.3 Å². The van der Waals surface area contributed by atoms with Crippen molar-refractivity contribution < 1.29 is 4.74 Å². The molecule has 0 atom stereocenters. The lowest BCUT2D eigenvalue weighted by Gasteiger charge is -2.16. The van der Waals surface area contributed by atoms with E-state index in [4.69, 9.17) is 28.6 Å². The molecular formula is C21H23ClN6OS2. The number of thiocarbonyl (C=S) groups is 1. The number of ether oxygens (including phenoxy) is 1. The van der Waals surface area contributed by atoms with E-state index in [2.05, 4.69) is 42.4 Å². The van der Waals surface area contributed by atoms with E-state index in [1.807, 2.05) is 26.0 Å². The number of aromatic nitrogens is 2. The van der Waals surface area contributed by atoms with Crippen LogP contribution in [0.25, 0.3) is 0 Å². The van der Waals surface area contributed by atoms with Crippen LogP contribution in [-0.2, 0) is 6.42 Å². The van der Waals surface area contributed by atoms with Gasteiger partial charge >= 0.3 is 0 Å². The molecular weight excluding hydrogens is 452 g/mol. The largest absolute Gasteiger partial charge is 0.495 e. The van der Waals surface area contributed by atoms with Crippen LogP contribution < -0.4 is 20.7 Å². The van der Waals surface area contributed by atoms with Crippen LogP contribution in [0.15, 0.2) is 46.8 Å². The van der Waals surface area contributed by atoms with Gasteiger partial charge in [0.2, 0.25) is 11.9 Å². The summed E-state index contributed by atoms with van der Waals surface area (Å²) < 4.78 is 5.36. The summed E-state index contributed by atoms with van der Waals surface area (Å²) in [5.41, 5.74) is 2.36. The molecule has 1 aromatic carbocycles. The van der Waals surface area contributed by atoms with Gasteiger partial charge in [0.1, 0.15) is 5.75 Å². The van der Waals surface area contributed by atoms with Crippen molar-refractivity contribution in [2.24, 2.45) is 4.99 Å². The van der Waals surface area contributed by atoms with Gasteiger partial charge in [-0.3, -0.25) is 10.3 Å². The molecule has 31 heavy (non-hydrogen) atoms. The number of methoxy groups -OCH3 is 1. The maximum Gasteiger partial charge on any atom is 0.229 e. The maximum absolute atomic E-state index is 6.11. The second-order valence-electron chi connectivity index (χ2n) is 6.58. The lowest BCUT2D eigenvalue weighted by Crippen LogP contribution is -2.39. The van der Waals surface area contributed by atoms with Crippen LogP contribution in [0.1, 0.15) is 16.3 Å². The van der Waals surface area contributed by atoms with Crippen LogP contribution >= 0.6 is 35.2 Å². The number of halogens is 1. The first kappa shape index (κ1) is 22.9. The standard InChI is InChI=1S/C21H23ClN6OS2/c1-13-11-14(2)25-20(24-13)27-19(23-9-8-16-5-4-10-31-16)28-21(30)26-17-12-15(22)6-7-18(17)29-3/h4-7,10-12H,8-9H2,1-3H3,(H3,23,24,25,26,27,28,30). The summed E-state index contributed by atoms with van der Waals surface area (Å²) in [4.78, 5) is 14.7. The number of hydrogen-bond donors (Lipinski definition) is 3. The van der Waals surface area contributed by atoms with Gasteiger partial charge in [0, 0.05) is 34.3 Å². The molecule has 0 saturated carbocycles. The molecule has 0 unspecified atom stereocenters. The number of guanidine groups is 1. The zero-order chi connectivity index (χ0) is 22.2. The van der Waals surface area contributed by atoms with E-state index in [0.29, 0.717) is 40.0 Å². The molecule has 3 N–H and O–H groups in total. The van der Waals surface area contributed by atoms with Gasteiger partial charge in [-0.2, -0.15) is 0 Å². The van der Waals surface area contributed by atoms with Crippen molar-refractivity contribution in [2.75, 3.05) is 24.3 Å². The second-order valence-corrected chi connectivity index (χ2v) is 8.46. The molecule has 3 aromatic rings. The van der Waals surface area contributed by atoms with E-state index in [1.54, 1.807) is 36.6 Å². The van der Waals surface area contributed by atoms with Crippen molar-refractivity contribution in [3.63, 3.8) is 0 Å². The van der Waals surface area contributed by atoms with Gasteiger partial charge in [0.05, 0.1) is 12.8 Å². The van der Waals surface area contributed by atoms with E-state index < -0.39 is 0 Å². The fourth-order valence-corrected chi connectivity index (χ4v) is 3.85. The van der Waals surface area contributed by atoms with Crippen LogP contribution in [0.2, 0.25) is 5.02 Å². The number of aryl methyl sites for hydroxylation is 2. The molecule has 0 aliphatic heterocycles. The highest BCUT2D eigenvalue weighted by molar-refractivity contribution is 7.80. The van der Waals surface area contributed by atoms with Crippen molar-refractivity contribution in [1.82, 2.24) is 15.3 Å². The molecule has 2 aromatic heterocycles. The molecule has 0 fully saturated rings. The number of rotatable bonds is 6. The summed E-state index contributed by atoms with van der Waals surface area (Å²) in [6.07, 6.45) is 0.820. The summed E-state index contributed by atoms with van der Waals surface area (Å²) in [5.74, 6) is 1.51. The fraction of sp³-hybridized carbons (Fsp3) is 0.238. The Morgan fingerprint density at radius 3 is 2.61 bits per heavy atom. The van der Waals surface area contributed by atoms with E-state index in [0.717, 1.165) is 17.8 Å². The maximum atomic E-state index is 6.11. The third kappa shape index (κ3) is 7.16. The first-order valence-electron chi connectivity index (χ1n) is 9.50. The third-order valence-corrected chi connectivity index (χ3v) is 5.44. The van der Waals surface area contributed by atoms with Gasteiger partial charge in [-0.1, -0.05) is 17.7 Å². The highest BCUT2D eigenvalue weighted by atomic mass is 35.5. The predicted molar refractivity (Wildman–Crippen MR) is 133 cm³/mol. The summed E-state index contributed by atoms with van der Waals surface area (Å²) in [7, 11) is 1.58. The molecule has 0 radical (unpaired) electrons. The number of nitrogens with one attached hydrogen (secondary N) is 3. The monoisotopic (exact) mass is 474 g/mol. The lowest BCUT2D eigenvalue weighted by molar-refractivity contribution is 0.417. The highest BCUT2D eigenvalue weighted by Crippen LogP contribution is 2.27. The van der Waals surface area contributed by atoms with Crippen molar-refractivity contribution in [3.8, 4) is 5.75 Å². The normalized spacial score (nSPS) is 11.2. The van der Waals surface area contributed by atoms with Crippen LogP contribution in [-0.4, -0.2) is 34.7 Å². The average Bonchev–Trinajstić information content (AvgIpc) is 3.20. The summed E-state index contributed by atoms with van der Waals surface area (Å²) >= 11 is 13.3. The van der Waals surface area contributed by atoms with Gasteiger partial charge in [-0.15, -0.1) is 11.3 Å². The Kier molecular flexibility index (Phi) is 8.16. The first-order valence-corrected chi connectivity index (χ1v) is 11.2. The van der Waals surface area contributed by atoms with Crippen LogP contribution in [0.3, 0.4) is 0 Å². The van der Waals surface area contributed by atoms with Crippen molar-refractivity contribution in [3.05, 3.63) is 63.1 Å². The zero-order valence-electron chi connectivity index (χ0n) is 17.4. The Morgan fingerprint density at radius 1 is 1.16 bits per heavy atom. The third-order valence-electron chi connectivity index (χ3n) is 4.06. The molecule has 3 rings (SSSR count). The summed E-state index contributed by atoms with van der Waals surface area (Å²) in [6.45, 7) is 4.40. The van der Waals surface area contributed by atoms with Gasteiger partial charge in [0.25, 0.3) is 0 Å². The molecule has 0 aliphatic rings. The molecule has 0 aliphatic carbocycles. The molecule has 0 bridgehead atoms. The molecule has 0 saturated heterocycles. The van der Waals surface area contributed by atoms with Crippen molar-refractivity contribution >= 4 is 57.9 Å². The van der Waals surface area contributed by atoms with Crippen LogP contribution in [0.4, 0.5) is 11.6 Å². The zero-order valence-corrected chi connectivity index (χ0v) is 19.8. The van der Waals surface area contributed by atoms with Gasteiger partial charge < -0.3 is 15.4 Å². The smallest absolute Gasteiger partial charge is 0.229 e. The van der Waals surface area contributed by atoms with E-state index in [-0.39, 0.29) is 0 Å². The summed E-state index contributed by atoms with van der Waals surface area (Å²) in [5, 5.41) is 12.3. The first-order chi connectivity index (χ1) is 14.9. The Labute approximate surface area is 196 Å². The molecule has 10 heteroatoms. The van der Waals surface area contributed by atoms with E-state index in [9.17, 15) is 0 Å². The Balaban J connectivity index is 1.74. The Morgan fingerprint density at radius 2 is 1.94 bits per heavy atom. The number of thiophene rings is 1. The topological polar surface area (TPSA) is 83.5 Å². The number of nitrogens with zero attached hydrogens (tertiary/aromatic N) is 3. The molecule has 162 valence electrons. The number of benzene rings is 1. The molecule has 2 heterocycles.